The minimum absolute atomic E-state index is 0.154. The van der Waals surface area contributed by atoms with Crippen LogP contribution in [0.1, 0.15) is 37.7 Å². The summed E-state index contributed by atoms with van der Waals surface area (Å²) in [6.45, 7) is 1.70. The van der Waals surface area contributed by atoms with Crippen LogP contribution in [0.3, 0.4) is 0 Å². The first-order chi connectivity index (χ1) is 9.31. The van der Waals surface area contributed by atoms with Gasteiger partial charge in [0, 0.05) is 24.9 Å². The number of hydrogen-bond acceptors (Lipinski definition) is 3. The molecule has 1 spiro atoms. The fraction of sp³-hybridized carbons (Fsp3) is 0.625. The molecule has 0 radical (unpaired) electrons. The Morgan fingerprint density at radius 3 is 2.95 bits per heavy atom. The highest BCUT2D eigenvalue weighted by Gasteiger charge is 2.43. The van der Waals surface area contributed by atoms with Crippen LogP contribution in [-0.4, -0.2) is 25.4 Å². The van der Waals surface area contributed by atoms with E-state index in [-0.39, 0.29) is 5.60 Å². The van der Waals surface area contributed by atoms with Crippen molar-refractivity contribution in [3.63, 3.8) is 0 Å². The molecule has 0 aromatic heterocycles. The first-order valence-electron chi connectivity index (χ1n) is 7.34. The molecule has 1 aliphatic heterocycles. The molecule has 104 valence electrons. The first kappa shape index (κ1) is 12.9. The molecule has 0 amide bonds. The van der Waals surface area contributed by atoms with Crippen molar-refractivity contribution in [3.05, 3.63) is 29.8 Å². The molecule has 3 nitrogen and oxygen atoms in total. The summed E-state index contributed by atoms with van der Waals surface area (Å²) < 4.78 is 12.2. The van der Waals surface area contributed by atoms with Gasteiger partial charge in [0.15, 0.2) is 0 Å². The Morgan fingerprint density at radius 1 is 1.37 bits per heavy atom. The predicted octanol–water partition coefficient (Wildman–Crippen LogP) is 2.89. The van der Waals surface area contributed by atoms with Gasteiger partial charge in [-0.25, -0.2) is 0 Å². The minimum atomic E-state index is 0.154. The molecule has 3 rings (SSSR count). The summed E-state index contributed by atoms with van der Waals surface area (Å²) >= 11 is 0. The molecule has 2 fully saturated rings. The van der Waals surface area contributed by atoms with E-state index in [0.717, 1.165) is 31.7 Å². The summed E-state index contributed by atoms with van der Waals surface area (Å²) in [4.78, 5) is 0. The van der Waals surface area contributed by atoms with Gasteiger partial charge in [-0.05, 0) is 32.4 Å². The van der Waals surface area contributed by atoms with Crippen molar-refractivity contribution in [3.8, 4) is 5.75 Å². The Balaban J connectivity index is 1.67. The van der Waals surface area contributed by atoms with Crippen molar-refractivity contribution in [1.82, 2.24) is 5.32 Å². The third-order valence-electron chi connectivity index (χ3n) is 4.35. The molecule has 1 heterocycles. The summed E-state index contributed by atoms with van der Waals surface area (Å²) in [5, 5.41) is 3.20. The van der Waals surface area contributed by atoms with Crippen LogP contribution in [0, 0.1) is 0 Å². The van der Waals surface area contributed by atoms with E-state index in [4.69, 9.17) is 9.47 Å². The molecule has 19 heavy (non-hydrogen) atoms. The second-order valence-corrected chi connectivity index (χ2v) is 5.76. The number of para-hydroxylation sites is 1. The average molecular weight is 261 g/mol. The van der Waals surface area contributed by atoms with E-state index in [2.05, 4.69) is 23.5 Å². The molecule has 1 unspecified atom stereocenters. The molecule has 1 aromatic carbocycles. The zero-order chi connectivity index (χ0) is 13.1. The molecule has 1 N–H and O–H groups in total. The van der Waals surface area contributed by atoms with Crippen molar-refractivity contribution < 1.29 is 9.47 Å². The van der Waals surface area contributed by atoms with Gasteiger partial charge < -0.3 is 14.8 Å². The van der Waals surface area contributed by atoms with Crippen LogP contribution in [0.15, 0.2) is 24.3 Å². The highest BCUT2D eigenvalue weighted by atomic mass is 16.5. The second-order valence-electron chi connectivity index (χ2n) is 5.76. The van der Waals surface area contributed by atoms with Gasteiger partial charge in [0.2, 0.25) is 0 Å². The van der Waals surface area contributed by atoms with Gasteiger partial charge in [0.1, 0.15) is 11.9 Å². The summed E-state index contributed by atoms with van der Waals surface area (Å²) in [6.07, 6.45) is 6.11. The zero-order valence-electron chi connectivity index (χ0n) is 11.7. The van der Waals surface area contributed by atoms with Gasteiger partial charge >= 0.3 is 0 Å². The average Bonchev–Trinajstić information content (AvgIpc) is 2.40. The predicted molar refractivity (Wildman–Crippen MR) is 75.4 cm³/mol. The molecular formula is C16H23NO2. The quantitative estimate of drug-likeness (QED) is 0.904. The van der Waals surface area contributed by atoms with Crippen molar-refractivity contribution in [1.29, 1.82) is 0 Å². The van der Waals surface area contributed by atoms with Crippen molar-refractivity contribution in [2.45, 2.75) is 50.4 Å². The van der Waals surface area contributed by atoms with Gasteiger partial charge in [0.25, 0.3) is 0 Å². The fourth-order valence-electron chi connectivity index (χ4n) is 3.14. The van der Waals surface area contributed by atoms with E-state index in [1.807, 2.05) is 13.1 Å². The van der Waals surface area contributed by atoms with Gasteiger partial charge in [-0.1, -0.05) is 18.2 Å². The maximum Gasteiger partial charge on any atom is 0.124 e. The van der Waals surface area contributed by atoms with E-state index in [1.54, 1.807) is 0 Å². The molecule has 1 saturated carbocycles. The second kappa shape index (κ2) is 5.51. The molecule has 2 aliphatic rings. The van der Waals surface area contributed by atoms with Gasteiger partial charge in [0.05, 0.1) is 12.2 Å². The van der Waals surface area contributed by atoms with Gasteiger partial charge in [-0.15, -0.1) is 0 Å². The number of nitrogens with one attached hydrogen (secondary N) is 1. The molecule has 1 saturated heterocycles. The topological polar surface area (TPSA) is 30.5 Å². The van der Waals surface area contributed by atoms with Crippen LogP contribution in [0.5, 0.6) is 5.75 Å². The Morgan fingerprint density at radius 2 is 2.21 bits per heavy atom. The minimum Gasteiger partial charge on any atom is -0.490 e. The Kier molecular flexibility index (Phi) is 3.76. The molecule has 1 aliphatic carbocycles. The third-order valence-corrected chi connectivity index (χ3v) is 4.35. The summed E-state index contributed by atoms with van der Waals surface area (Å²) in [5.41, 5.74) is 1.39. The van der Waals surface area contributed by atoms with E-state index >= 15 is 0 Å². The lowest BCUT2D eigenvalue weighted by Crippen LogP contribution is -2.48. The maximum absolute atomic E-state index is 6.25. The Bertz CT molecular complexity index is 429. The van der Waals surface area contributed by atoms with Crippen LogP contribution in [0.4, 0.5) is 0 Å². The van der Waals surface area contributed by atoms with Crippen LogP contribution < -0.4 is 10.1 Å². The van der Waals surface area contributed by atoms with Crippen molar-refractivity contribution >= 4 is 0 Å². The third kappa shape index (κ3) is 2.77. The molecule has 1 atom stereocenters. The van der Waals surface area contributed by atoms with Gasteiger partial charge in [-0.2, -0.15) is 0 Å². The SMILES string of the molecule is CNCc1ccccc1OC1CCOC2(CCC2)C1. The number of ether oxygens (including phenoxy) is 2. The Hall–Kier alpha value is -1.06. The van der Waals surface area contributed by atoms with Crippen LogP contribution in [-0.2, 0) is 11.3 Å². The molecule has 0 bridgehead atoms. The largest absolute Gasteiger partial charge is 0.490 e. The molecule has 1 aromatic rings. The first-order valence-corrected chi connectivity index (χ1v) is 7.34. The Labute approximate surface area is 115 Å². The zero-order valence-corrected chi connectivity index (χ0v) is 11.7. The molecule has 3 heteroatoms. The highest BCUT2D eigenvalue weighted by molar-refractivity contribution is 5.33. The van der Waals surface area contributed by atoms with E-state index in [1.165, 1.54) is 24.8 Å². The highest BCUT2D eigenvalue weighted by Crippen LogP contribution is 2.43. The van der Waals surface area contributed by atoms with Gasteiger partial charge in [-0.3, -0.25) is 0 Å². The lowest BCUT2D eigenvalue weighted by molar-refractivity contribution is -0.153. The fourth-order valence-corrected chi connectivity index (χ4v) is 3.14. The van der Waals surface area contributed by atoms with Crippen LogP contribution in [0.2, 0.25) is 0 Å². The van der Waals surface area contributed by atoms with E-state index in [9.17, 15) is 0 Å². The lowest BCUT2D eigenvalue weighted by atomic mass is 9.74. The van der Waals surface area contributed by atoms with Crippen LogP contribution >= 0.6 is 0 Å². The monoisotopic (exact) mass is 261 g/mol. The number of hydrogen-bond donors (Lipinski definition) is 1. The van der Waals surface area contributed by atoms with E-state index < -0.39 is 0 Å². The lowest BCUT2D eigenvalue weighted by Gasteiger charge is -2.47. The van der Waals surface area contributed by atoms with Crippen LogP contribution in [0.25, 0.3) is 0 Å². The maximum atomic E-state index is 6.25. The van der Waals surface area contributed by atoms with Crippen molar-refractivity contribution in [2.24, 2.45) is 0 Å². The number of rotatable bonds is 4. The normalized spacial score (nSPS) is 25.0. The number of benzene rings is 1. The van der Waals surface area contributed by atoms with Crippen molar-refractivity contribution in [2.75, 3.05) is 13.7 Å². The summed E-state index contributed by atoms with van der Waals surface area (Å²) in [7, 11) is 1.97. The standard InChI is InChI=1S/C16H23NO2/c1-17-12-13-5-2-3-6-15(13)19-14-7-10-18-16(11-14)8-4-9-16/h2-3,5-6,14,17H,4,7-12H2,1H3. The molecular weight excluding hydrogens is 238 g/mol. The smallest absolute Gasteiger partial charge is 0.124 e. The summed E-state index contributed by atoms with van der Waals surface area (Å²) in [6, 6.07) is 8.32. The van der Waals surface area contributed by atoms with E-state index in [0.29, 0.717) is 6.10 Å². The summed E-state index contributed by atoms with van der Waals surface area (Å²) in [5.74, 6) is 1.03.